The van der Waals surface area contributed by atoms with Crippen LogP contribution in [-0.2, 0) is 16.6 Å². The molecule has 1 aliphatic heterocycles. The maximum Gasteiger partial charge on any atom is 0.289 e. The third-order valence-electron chi connectivity index (χ3n) is 4.75. The summed E-state index contributed by atoms with van der Waals surface area (Å²) in [6, 6.07) is 14.8. The Morgan fingerprint density at radius 2 is 1.63 bits per heavy atom. The lowest BCUT2D eigenvalue weighted by atomic mass is 10.2. The summed E-state index contributed by atoms with van der Waals surface area (Å²) in [5.74, 6) is 0. The molecular formula is C19H23N3O4S. The SMILES string of the molecule is O=[N+]([O-])c1ccccc1S(=O)(=O)N(CCN1CCCC1)Cc1ccccc1. The molecule has 8 heteroatoms. The molecule has 0 N–H and O–H groups in total. The number of hydrogen-bond donors (Lipinski definition) is 0. The standard InChI is InChI=1S/C19H23N3O4S/c23-22(24)18-10-4-5-11-19(18)27(25,26)21(15-14-20-12-6-7-13-20)16-17-8-2-1-3-9-17/h1-5,8-11H,6-7,12-16H2. The van der Waals surface area contributed by atoms with Gasteiger partial charge in [-0.3, -0.25) is 10.1 Å². The monoisotopic (exact) mass is 389 g/mol. The minimum absolute atomic E-state index is 0.184. The first kappa shape index (κ1) is 19.5. The minimum Gasteiger partial charge on any atom is -0.302 e. The van der Waals surface area contributed by atoms with Gasteiger partial charge in [0.15, 0.2) is 4.90 Å². The molecule has 1 heterocycles. The van der Waals surface area contributed by atoms with E-state index in [9.17, 15) is 18.5 Å². The molecular weight excluding hydrogens is 366 g/mol. The van der Waals surface area contributed by atoms with Gasteiger partial charge in [-0.2, -0.15) is 4.31 Å². The highest BCUT2D eigenvalue weighted by molar-refractivity contribution is 7.89. The van der Waals surface area contributed by atoms with Gasteiger partial charge in [-0.15, -0.1) is 0 Å². The average Bonchev–Trinajstić information content (AvgIpc) is 3.19. The number of nitrogens with zero attached hydrogens (tertiary/aromatic N) is 3. The van der Waals surface area contributed by atoms with Gasteiger partial charge in [0.1, 0.15) is 0 Å². The van der Waals surface area contributed by atoms with Crippen molar-refractivity contribution in [2.75, 3.05) is 26.2 Å². The highest BCUT2D eigenvalue weighted by atomic mass is 32.2. The van der Waals surface area contributed by atoms with E-state index < -0.39 is 20.6 Å². The van der Waals surface area contributed by atoms with E-state index in [1.165, 1.54) is 28.6 Å². The lowest BCUT2D eigenvalue weighted by molar-refractivity contribution is -0.387. The highest BCUT2D eigenvalue weighted by Crippen LogP contribution is 2.27. The molecule has 0 radical (unpaired) electrons. The molecule has 1 saturated heterocycles. The van der Waals surface area contributed by atoms with E-state index in [4.69, 9.17) is 0 Å². The average molecular weight is 389 g/mol. The second-order valence-electron chi connectivity index (χ2n) is 6.60. The molecule has 144 valence electrons. The summed E-state index contributed by atoms with van der Waals surface area (Å²) in [5.41, 5.74) is 0.456. The summed E-state index contributed by atoms with van der Waals surface area (Å²) in [4.78, 5) is 12.7. The molecule has 1 aliphatic rings. The number of likely N-dealkylation sites (tertiary alicyclic amines) is 1. The second-order valence-corrected chi connectivity index (χ2v) is 8.50. The van der Waals surface area contributed by atoms with E-state index >= 15 is 0 Å². The first-order chi connectivity index (χ1) is 13.0. The van der Waals surface area contributed by atoms with Crippen LogP contribution in [0.3, 0.4) is 0 Å². The van der Waals surface area contributed by atoms with E-state index in [1.807, 2.05) is 30.3 Å². The second kappa shape index (κ2) is 8.60. The Kier molecular flexibility index (Phi) is 6.20. The van der Waals surface area contributed by atoms with Crippen molar-refractivity contribution in [3.05, 3.63) is 70.3 Å². The summed E-state index contributed by atoms with van der Waals surface area (Å²) < 4.78 is 27.9. The Balaban J connectivity index is 1.91. The third-order valence-corrected chi connectivity index (χ3v) is 6.64. The van der Waals surface area contributed by atoms with Gasteiger partial charge in [0.25, 0.3) is 5.69 Å². The molecule has 0 bridgehead atoms. The van der Waals surface area contributed by atoms with Crippen LogP contribution in [0.2, 0.25) is 0 Å². The maximum absolute atomic E-state index is 13.3. The number of nitro groups is 1. The normalized spacial score (nSPS) is 15.3. The van der Waals surface area contributed by atoms with Crippen molar-refractivity contribution in [2.24, 2.45) is 0 Å². The molecule has 0 amide bonds. The lowest BCUT2D eigenvalue weighted by Crippen LogP contribution is -2.37. The zero-order valence-electron chi connectivity index (χ0n) is 15.0. The maximum atomic E-state index is 13.3. The minimum atomic E-state index is -4.00. The number of hydrogen-bond acceptors (Lipinski definition) is 5. The van der Waals surface area contributed by atoms with Gasteiger partial charge < -0.3 is 4.90 Å². The predicted octanol–water partition coefficient (Wildman–Crippen LogP) is 2.88. The number of nitro benzene ring substituents is 1. The largest absolute Gasteiger partial charge is 0.302 e. The van der Waals surface area contributed by atoms with Crippen molar-refractivity contribution in [1.82, 2.24) is 9.21 Å². The molecule has 2 aromatic rings. The Morgan fingerprint density at radius 1 is 1.00 bits per heavy atom. The summed E-state index contributed by atoms with van der Waals surface area (Å²) >= 11 is 0. The topological polar surface area (TPSA) is 83.8 Å². The van der Waals surface area contributed by atoms with Crippen LogP contribution in [0.25, 0.3) is 0 Å². The Bertz CT molecular complexity index is 881. The van der Waals surface area contributed by atoms with Gasteiger partial charge in [0, 0.05) is 25.7 Å². The highest BCUT2D eigenvalue weighted by Gasteiger charge is 2.31. The van der Waals surface area contributed by atoms with Crippen LogP contribution >= 0.6 is 0 Å². The van der Waals surface area contributed by atoms with Crippen LogP contribution in [0, 0.1) is 10.1 Å². The molecule has 2 aromatic carbocycles. The van der Waals surface area contributed by atoms with Crippen molar-refractivity contribution in [2.45, 2.75) is 24.3 Å². The van der Waals surface area contributed by atoms with Gasteiger partial charge >= 0.3 is 0 Å². The molecule has 0 saturated carbocycles. The first-order valence-corrected chi connectivity index (χ1v) is 10.4. The molecule has 0 unspecified atom stereocenters. The fourth-order valence-corrected chi connectivity index (χ4v) is 4.87. The number of rotatable bonds is 8. The van der Waals surface area contributed by atoms with E-state index in [-0.39, 0.29) is 11.4 Å². The molecule has 0 spiro atoms. The van der Waals surface area contributed by atoms with Gasteiger partial charge in [-0.25, -0.2) is 8.42 Å². The fourth-order valence-electron chi connectivity index (χ4n) is 3.30. The first-order valence-electron chi connectivity index (χ1n) is 8.98. The molecule has 0 aliphatic carbocycles. The number of sulfonamides is 1. The predicted molar refractivity (Wildman–Crippen MR) is 103 cm³/mol. The third kappa shape index (κ3) is 4.71. The Hall–Kier alpha value is -2.29. The fraction of sp³-hybridized carbons (Fsp3) is 0.368. The van der Waals surface area contributed by atoms with Crippen LogP contribution in [0.15, 0.2) is 59.5 Å². The smallest absolute Gasteiger partial charge is 0.289 e. The molecule has 27 heavy (non-hydrogen) atoms. The number of benzene rings is 2. The Labute approximate surface area is 159 Å². The lowest BCUT2D eigenvalue weighted by Gasteiger charge is -2.25. The van der Waals surface area contributed by atoms with E-state index in [0.717, 1.165) is 31.5 Å². The van der Waals surface area contributed by atoms with Crippen LogP contribution in [0.1, 0.15) is 18.4 Å². The van der Waals surface area contributed by atoms with Crippen molar-refractivity contribution >= 4 is 15.7 Å². The van der Waals surface area contributed by atoms with Crippen molar-refractivity contribution < 1.29 is 13.3 Å². The van der Waals surface area contributed by atoms with Gasteiger partial charge in [0.05, 0.1) is 4.92 Å². The summed E-state index contributed by atoms with van der Waals surface area (Å²) in [7, 11) is -4.00. The molecule has 0 aromatic heterocycles. The van der Waals surface area contributed by atoms with Crippen molar-refractivity contribution in [3.63, 3.8) is 0 Å². The zero-order valence-corrected chi connectivity index (χ0v) is 15.8. The Morgan fingerprint density at radius 3 is 2.30 bits per heavy atom. The van der Waals surface area contributed by atoms with Gasteiger partial charge in [-0.1, -0.05) is 42.5 Å². The summed E-state index contributed by atoms with van der Waals surface area (Å²) in [6.07, 6.45) is 2.24. The van der Waals surface area contributed by atoms with E-state index in [1.54, 1.807) is 0 Å². The van der Waals surface area contributed by atoms with Crippen LogP contribution in [0.4, 0.5) is 5.69 Å². The van der Waals surface area contributed by atoms with Crippen LogP contribution in [-0.4, -0.2) is 48.7 Å². The van der Waals surface area contributed by atoms with E-state index in [2.05, 4.69) is 4.90 Å². The summed E-state index contributed by atoms with van der Waals surface area (Å²) in [5, 5.41) is 11.3. The number of para-hydroxylation sites is 1. The van der Waals surface area contributed by atoms with E-state index in [0.29, 0.717) is 13.1 Å². The summed E-state index contributed by atoms with van der Waals surface area (Å²) in [6.45, 7) is 3.02. The van der Waals surface area contributed by atoms with Gasteiger partial charge in [0.2, 0.25) is 10.0 Å². The van der Waals surface area contributed by atoms with Crippen LogP contribution < -0.4 is 0 Å². The van der Waals surface area contributed by atoms with Crippen LogP contribution in [0.5, 0.6) is 0 Å². The van der Waals surface area contributed by atoms with Gasteiger partial charge in [-0.05, 0) is 37.6 Å². The quantitative estimate of drug-likeness (QED) is 0.512. The molecule has 1 fully saturated rings. The zero-order chi connectivity index (χ0) is 19.3. The molecule has 0 atom stereocenters. The molecule has 3 rings (SSSR count). The molecule has 7 nitrogen and oxygen atoms in total. The van der Waals surface area contributed by atoms with Crippen molar-refractivity contribution in [1.29, 1.82) is 0 Å². The van der Waals surface area contributed by atoms with Crippen molar-refractivity contribution in [3.8, 4) is 0 Å².